The van der Waals surface area contributed by atoms with Crippen LogP contribution in [0.5, 0.6) is 0 Å². The molecule has 1 aromatic rings. The zero-order valence-corrected chi connectivity index (χ0v) is 10.1. The van der Waals surface area contributed by atoms with Crippen LogP contribution in [-0.2, 0) is 0 Å². The van der Waals surface area contributed by atoms with Crippen molar-refractivity contribution in [2.45, 2.75) is 25.7 Å². The van der Waals surface area contributed by atoms with Crippen LogP contribution >= 0.6 is 11.8 Å². The number of hydrogen-bond donors (Lipinski definition) is 1. The molecule has 0 bridgehead atoms. The van der Waals surface area contributed by atoms with Gasteiger partial charge in [-0.25, -0.2) is 14.8 Å². The Morgan fingerprint density at radius 1 is 1.56 bits per heavy atom. The van der Waals surface area contributed by atoms with Crippen LogP contribution in [0.1, 0.15) is 47.6 Å². The summed E-state index contributed by atoms with van der Waals surface area (Å²) in [7, 11) is 0. The minimum Gasteiger partial charge on any atom is -0.478 e. The Bertz CT molecular complexity index is 416. The van der Waals surface area contributed by atoms with Gasteiger partial charge in [0.1, 0.15) is 5.82 Å². The van der Waals surface area contributed by atoms with E-state index >= 15 is 0 Å². The van der Waals surface area contributed by atoms with Gasteiger partial charge < -0.3 is 5.11 Å². The third-order valence-electron chi connectivity index (χ3n) is 2.62. The number of hydrogen-bond acceptors (Lipinski definition) is 4. The molecule has 0 aliphatic carbocycles. The molecule has 2 rings (SSSR count). The van der Waals surface area contributed by atoms with E-state index in [1.54, 1.807) is 0 Å². The molecular formula is C11H14N2O2S. The highest BCUT2D eigenvalue weighted by Gasteiger charge is 2.25. The molecule has 0 spiro atoms. The Morgan fingerprint density at radius 2 is 2.25 bits per heavy atom. The Labute approximate surface area is 98.5 Å². The van der Waals surface area contributed by atoms with Crippen LogP contribution in [0.15, 0.2) is 6.20 Å². The lowest BCUT2D eigenvalue weighted by molar-refractivity contribution is 0.0694. The van der Waals surface area contributed by atoms with E-state index in [0.717, 1.165) is 17.3 Å². The van der Waals surface area contributed by atoms with E-state index in [9.17, 15) is 4.79 Å². The summed E-state index contributed by atoms with van der Waals surface area (Å²) in [4.78, 5) is 19.6. The van der Waals surface area contributed by atoms with Gasteiger partial charge in [-0.15, -0.1) is 0 Å². The topological polar surface area (TPSA) is 63.1 Å². The highest BCUT2D eigenvalue weighted by atomic mass is 32.2. The van der Waals surface area contributed by atoms with Gasteiger partial charge in [-0.05, 0) is 5.92 Å². The Morgan fingerprint density at radius 3 is 2.69 bits per heavy atom. The monoisotopic (exact) mass is 238 g/mol. The summed E-state index contributed by atoms with van der Waals surface area (Å²) in [6.07, 6.45) is 1.45. The van der Waals surface area contributed by atoms with Crippen molar-refractivity contribution in [2.75, 3.05) is 11.5 Å². The molecule has 1 aromatic heterocycles. The second-order valence-corrected chi connectivity index (χ2v) is 5.30. The van der Waals surface area contributed by atoms with Crippen molar-refractivity contribution in [3.05, 3.63) is 23.3 Å². The van der Waals surface area contributed by atoms with Gasteiger partial charge in [-0.1, -0.05) is 13.8 Å². The quantitative estimate of drug-likeness (QED) is 0.874. The van der Waals surface area contributed by atoms with Crippen molar-refractivity contribution < 1.29 is 9.90 Å². The first kappa shape index (κ1) is 11.4. The number of carbonyl (C=O) groups is 1. The van der Waals surface area contributed by atoms with Crippen molar-refractivity contribution in [3.8, 4) is 0 Å². The van der Waals surface area contributed by atoms with Gasteiger partial charge >= 0.3 is 5.97 Å². The van der Waals surface area contributed by atoms with E-state index in [1.807, 2.05) is 25.6 Å². The number of aromatic carboxylic acids is 1. The summed E-state index contributed by atoms with van der Waals surface area (Å²) < 4.78 is 0. The van der Waals surface area contributed by atoms with Crippen LogP contribution < -0.4 is 0 Å². The van der Waals surface area contributed by atoms with Crippen molar-refractivity contribution >= 4 is 17.7 Å². The number of carboxylic acids is 1. The molecule has 0 saturated carbocycles. The van der Waals surface area contributed by atoms with Crippen LogP contribution in [0.2, 0.25) is 0 Å². The van der Waals surface area contributed by atoms with Gasteiger partial charge in [-0.2, -0.15) is 11.8 Å². The van der Waals surface area contributed by atoms with Crippen molar-refractivity contribution in [3.63, 3.8) is 0 Å². The van der Waals surface area contributed by atoms with Gasteiger partial charge in [0.15, 0.2) is 0 Å². The van der Waals surface area contributed by atoms with Crippen LogP contribution in [0.3, 0.4) is 0 Å². The van der Waals surface area contributed by atoms with Gasteiger partial charge in [-0.3, -0.25) is 0 Å². The molecule has 5 heteroatoms. The first-order chi connectivity index (χ1) is 7.59. The van der Waals surface area contributed by atoms with E-state index in [4.69, 9.17) is 5.11 Å². The summed E-state index contributed by atoms with van der Waals surface area (Å²) in [6.45, 7) is 3.90. The molecule has 86 valence electrons. The highest BCUT2D eigenvalue weighted by Crippen LogP contribution is 2.32. The molecule has 1 N–H and O–H groups in total. The van der Waals surface area contributed by atoms with Gasteiger partial charge in [0.05, 0.1) is 11.3 Å². The van der Waals surface area contributed by atoms with Crippen LogP contribution in [0, 0.1) is 0 Å². The van der Waals surface area contributed by atoms with E-state index in [0.29, 0.717) is 11.6 Å². The number of thioether (sulfide) groups is 1. The van der Waals surface area contributed by atoms with E-state index in [1.165, 1.54) is 6.20 Å². The standard InChI is InChI=1S/C11H14N2O2S/c1-6(2)9-8(11(14)15)3-12-10(13-9)7-4-16-5-7/h3,6-7H,4-5H2,1-2H3,(H,14,15). The molecule has 16 heavy (non-hydrogen) atoms. The first-order valence-corrected chi connectivity index (χ1v) is 6.43. The van der Waals surface area contributed by atoms with Crippen molar-refractivity contribution in [2.24, 2.45) is 0 Å². The summed E-state index contributed by atoms with van der Waals surface area (Å²) >= 11 is 1.87. The largest absolute Gasteiger partial charge is 0.478 e. The zero-order valence-electron chi connectivity index (χ0n) is 9.30. The average Bonchev–Trinajstić information content (AvgIpc) is 2.14. The van der Waals surface area contributed by atoms with Gasteiger partial charge in [0.2, 0.25) is 0 Å². The fourth-order valence-corrected chi connectivity index (χ4v) is 2.37. The highest BCUT2D eigenvalue weighted by molar-refractivity contribution is 8.00. The van der Waals surface area contributed by atoms with Crippen molar-refractivity contribution in [1.29, 1.82) is 0 Å². The fraction of sp³-hybridized carbons (Fsp3) is 0.545. The number of carboxylic acid groups (broad SMARTS) is 1. The normalized spacial score (nSPS) is 16.2. The van der Waals surface area contributed by atoms with Gasteiger partial charge in [0, 0.05) is 23.6 Å². The Kier molecular flexibility index (Phi) is 3.14. The summed E-state index contributed by atoms with van der Waals surface area (Å²) in [5.41, 5.74) is 0.875. The molecule has 4 nitrogen and oxygen atoms in total. The first-order valence-electron chi connectivity index (χ1n) is 5.27. The lowest BCUT2D eigenvalue weighted by Gasteiger charge is -2.24. The summed E-state index contributed by atoms with van der Waals surface area (Å²) in [5, 5.41) is 9.03. The number of nitrogens with zero attached hydrogens (tertiary/aromatic N) is 2. The lowest BCUT2D eigenvalue weighted by Crippen LogP contribution is -2.20. The molecule has 0 amide bonds. The summed E-state index contributed by atoms with van der Waals surface area (Å²) in [6, 6.07) is 0. The molecule has 2 heterocycles. The maximum absolute atomic E-state index is 11.0. The van der Waals surface area contributed by atoms with Crippen LogP contribution in [0.4, 0.5) is 0 Å². The third kappa shape index (κ3) is 2.04. The fourth-order valence-electron chi connectivity index (χ4n) is 1.60. The minimum absolute atomic E-state index is 0.112. The molecule has 1 saturated heterocycles. The predicted octanol–water partition coefficient (Wildman–Crippen LogP) is 2.13. The van der Waals surface area contributed by atoms with E-state index < -0.39 is 5.97 Å². The SMILES string of the molecule is CC(C)c1nc(C2CSC2)ncc1C(=O)O. The molecule has 0 aromatic carbocycles. The molecular weight excluding hydrogens is 224 g/mol. The number of rotatable bonds is 3. The smallest absolute Gasteiger partial charge is 0.339 e. The van der Waals surface area contributed by atoms with Crippen LogP contribution in [0.25, 0.3) is 0 Å². The maximum atomic E-state index is 11.0. The second-order valence-electron chi connectivity index (χ2n) is 4.22. The molecule has 0 radical (unpaired) electrons. The van der Waals surface area contributed by atoms with Crippen LogP contribution in [-0.4, -0.2) is 32.5 Å². The molecule has 1 fully saturated rings. The van der Waals surface area contributed by atoms with Crippen molar-refractivity contribution in [1.82, 2.24) is 9.97 Å². The molecule has 1 aliphatic heterocycles. The summed E-state index contributed by atoms with van der Waals surface area (Å²) in [5.74, 6) is 2.46. The second kappa shape index (κ2) is 4.41. The minimum atomic E-state index is -0.946. The third-order valence-corrected chi connectivity index (χ3v) is 3.89. The van der Waals surface area contributed by atoms with E-state index in [2.05, 4.69) is 9.97 Å². The molecule has 0 unspecified atom stereocenters. The lowest BCUT2D eigenvalue weighted by atomic mass is 10.0. The maximum Gasteiger partial charge on any atom is 0.339 e. The molecule has 1 aliphatic rings. The Hall–Kier alpha value is -1.10. The van der Waals surface area contributed by atoms with Gasteiger partial charge in [0.25, 0.3) is 0 Å². The number of aromatic nitrogens is 2. The molecule has 0 atom stereocenters. The predicted molar refractivity (Wildman–Crippen MR) is 63.1 cm³/mol. The van der Waals surface area contributed by atoms with E-state index in [-0.39, 0.29) is 11.5 Å². The Balaban J connectivity index is 2.38. The average molecular weight is 238 g/mol. The zero-order chi connectivity index (χ0) is 11.7.